The third kappa shape index (κ3) is 5.31. The summed E-state index contributed by atoms with van der Waals surface area (Å²) < 4.78 is 54.6. The highest BCUT2D eigenvalue weighted by molar-refractivity contribution is 5.89. The Morgan fingerprint density at radius 3 is 2.39 bits per heavy atom. The zero-order chi connectivity index (χ0) is 25.9. The van der Waals surface area contributed by atoms with Gasteiger partial charge >= 0.3 is 6.18 Å². The van der Waals surface area contributed by atoms with Crippen molar-refractivity contribution >= 4 is 16.9 Å². The van der Waals surface area contributed by atoms with E-state index in [1.54, 1.807) is 24.4 Å². The second-order valence-corrected chi connectivity index (χ2v) is 8.82. The number of nitrogens with zero attached hydrogens (tertiary/aromatic N) is 2. The lowest BCUT2D eigenvalue weighted by atomic mass is 9.95. The molecule has 0 saturated heterocycles. The summed E-state index contributed by atoms with van der Waals surface area (Å²) in [6, 6.07) is 13.5. The fraction of sp³-hybridized carbons (Fsp3) is 0.333. The first kappa shape index (κ1) is 25.5. The first-order valence-corrected chi connectivity index (χ1v) is 11.7. The van der Waals surface area contributed by atoms with Gasteiger partial charge in [-0.1, -0.05) is 44.2 Å². The lowest BCUT2D eigenvalue weighted by Crippen LogP contribution is -2.20. The summed E-state index contributed by atoms with van der Waals surface area (Å²) in [7, 11) is 2.94. The third-order valence-electron chi connectivity index (χ3n) is 6.09. The summed E-state index contributed by atoms with van der Waals surface area (Å²) in [5, 5.41) is 3.13. The van der Waals surface area contributed by atoms with Gasteiger partial charge < -0.3 is 19.8 Å². The number of methoxy groups -OCH3 is 2. The maximum Gasteiger partial charge on any atom is 0.418 e. The number of ether oxygens (including phenoxy) is 2. The summed E-state index contributed by atoms with van der Waals surface area (Å²) in [6.45, 7) is 4.41. The standard InChI is InChI=1S/C27H29F3N4O2/c1-16(2)17-8-10-18(11-9-17)26-33-24-21(36-4)15-19(23(25(24)34-26)27(28,29)30)20(12-14-35-3)32-22-7-5-6-13-31-22/h5-11,13,15-16,20H,12,14H2,1-4H3,(H,31,32)(H,33,34). The summed E-state index contributed by atoms with van der Waals surface area (Å²) in [5.74, 6) is 1.41. The minimum Gasteiger partial charge on any atom is -0.494 e. The van der Waals surface area contributed by atoms with Gasteiger partial charge in [-0.05, 0) is 41.7 Å². The molecule has 9 heteroatoms. The van der Waals surface area contributed by atoms with E-state index in [4.69, 9.17) is 9.47 Å². The number of hydrogen-bond acceptors (Lipinski definition) is 5. The largest absolute Gasteiger partial charge is 0.494 e. The van der Waals surface area contributed by atoms with Crippen molar-refractivity contribution in [2.45, 2.75) is 38.4 Å². The molecular weight excluding hydrogens is 469 g/mol. The Morgan fingerprint density at radius 2 is 1.81 bits per heavy atom. The van der Waals surface area contributed by atoms with E-state index < -0.39 is 17.8 Å². The number of hydrogen-bond donors (Lipinski definition) is 2. The zero-order valence-corrected chi connectivity index (χ0v) is 20.6. The van der Waals surface area contributed by atoms with Gasteiger partial charge in [0.25, 0.3) is 0 Å². The lowest BCUT2D eigenvalue weighted by molar-refractivity contribution is -0.137. The number of halogens is 3. The van der Waals surface area contributed by atoms with E-state index in [9.17, 15) is 13.2 Å². The second kappa shape index (κ2) is 10.6. The quantitative estimate of drug-likeness (QED) is 0.261. The molecule has 0 aliphatic carbocycles. The van der Waals surface area contributed by atoms with Gasteiger partial charge in [0.1, 0.15) is 28.4 Å². The van der Waals surface area contributed by atoms with Crippen LogP contribution in [-0.2, 0) is 10.9 Å². The predicted octanol–water partition coefficient (Wildman–Crippen LogP) is 6.97. The van der Waals surface area contributed by atoms with Gasteiger partial charge in [0.15, 0.2) is 0 Å². The Morgan fingerprint density at radius 1 is 1.06 bits per heavy atom. The predicted molar refractivity (Wildman–Crippen MR) is 134 cm³/mol. The van der Waals surface area contributed by atoms with Crippen LogP contribution in [0, 0.1) is 0 Å². The molecule has 2 aromatic carbocycles. The molecule has 1 atom stereocenters. The summed E-state index contributed by atoms with van der Waals surface area (Å²) >= 11 is 0. The molecule has 0 radical (unpaired) electrons. The van der Waals surface area contributed by atoms with Crippen molar-refractivity contribution in [3.05, 3.63) is 71.4 Å². The number of benzene rings is 2. The number of rotatable bonds is 9. The van der Waals surface area contributed by atoms with Crippen LogP contribution in [0.3, 0.4) is 0 Å². The van der Waals surface area contributed by atoms with Crippen LogP contribution < -0.4 is 10.1 Å². The Balaban J connectivity index is 1.90. The minimum absolute atomic E-state index is 0.0164. The van der Waals surface area contributed by atoms with Crippen molar-refractivity contribution < 1.29 is 22.6 Å². The number of pyridine rings is 1. The van der Waals surface area contributed by atoms with Crippen molar-refractivity contribution in [2.24, 2.45) is 0 Å². The van der Waals surface area contributed by atoms with E-state index >= 15 is 0 Å². The Bertz CT molecular complexity index is 1300. The Labute approximate surface area is 207 Å². The number of nitrogens with one attached hydrogen (secondary N) is 2. The number of imidazole rings is 1. The molecule has 2 heterocycles. The summed E-state index contributed by atoms with van der Waals surface area (Å²) in [4.78, 5) is 11.7. The smallest absolute Gasteiger partial charge is 0.418 e. The summed E-state index contributed by atoms with van der Waals surface area (Å²) in [6.07, 6.45) is -2.81. The molecule has 0 aliphatic rings. The first-order chi connectivity index (χ1) is 17.2. The van der Waals surface area contributed by atoms with Crippen LogP contribution in [0.2, 0.25) is 0 Å². The highest BCUT2D eigenvalue weighted by Gasteiger charge is 2.40. The number of aromatic amines is 1. The van der Waals surface area contributed by atoms with E-state index in [2.05, 4.69) is 34.1 Å². The van der Waals surface area contributed by atoms with Gasteiger partial charge in [-0.25, -0.2) is 9.97 Å². The zero-order valence-electron chi connectivity index (χ0n) is 20.6. The molecule has 36 heavy (non-hydrogen) atoms. The SMILES string of the molecule is COCCC(Nc1ccccn1)c1cc(OC)c2[nH]c(-c3ccc(C(C)C)cc3)nc2c1C(F)(F)F. The lowest BCUT2D eigenvalue weighted by Gasteiger charge is -2.24. The number of H-pyrrole nitrogens is 1. The Hall–Kier alpha value is -3.59. The van der Waals surface area contributed by atoms with Crippen LogP contribution in [0.25, 0.3) is 22.4 Å². The van der Waals surface area contributed by atoms with E-state index in [-0.39, 0.29) is 35.4 Å². The van der Waals surface area contributed by atoms with Gasteiger partial charge in [0, 0.05) is 25.5 Å². The average molecular weight is 499 g/mol. The number of fused-ring (bicyclic) bond motifs is 1. The molecule has 4 aromatic rings. The molecule has 4 rings (SSSR count). The maximum atomic E-state index is 14.6. The highest BCUT2D eigenvalue weighted by Crippen LogP contribution is 2.44. The van der Waals surface area contributed by atoms with Crippen LogP contribution >= 0.6 is 0 Å². The van der Waals surface area contributed by atoms with Crippen LogP contribution in [-0.4, -0.2) is 35.8 Å². The number of aromatic nitrogens is 3. The molecule has 0 spiro atoms. The highest BCUT2D eigenvalue weighted by atomic mass is 19.4. The van der Waals surface area contributed by atoms with Crippen molar-refractivity contribution in [3.63, 3.8) is 0 Å². The topological polar surface area (TPSA) is 72.1 Å². The monoisotopic (exact) mass is 498 g/mol. The van der Waals surface area contributed by atoms with Crippen molar-refractivity contribution in [2.75, 3.05) is 26.1 Å². The van der Waals surface area contributed by atoms with Crippen molar-refractivity contribution in [1.82, 2.24) is 15.0 Å². The third-order valence-corrected chi connectivity index (χ3v) is 6.09. The molecule has 0 aliphatic heterocycles. The molecule has 2 N–H and O–H groups in total. The fourth-order valence-corrected chi connectivity index (χ4v) is 4.22. The van der Waals surface area contributed by atoms with Crippen LogP contribution in [0.4, 0.5) is 19.0 Å². The van der Waals surface area contributed by atoms with Crippen molar-refractivity contribution in [1.29, 1.82) is 0 Å². The van der Waals surface area contributed by atoms with Crippen LogP contribution in [0.15, 0.2) is 54.7 Å². The molecule has 0 saturated carbocycles. The first-order valence-electron chi connectivity index (χ1n) is 11.7. The van der Waals surface area contributed by atoms with Crippen LogP contribution in [0.1, 0.15) is 48.9 Å². The van der Waals surface area contributed by atoms with Gasteiger partial charge in [-0.2, -0.15) is 13.2 Å². The second-order valence-electron chi connectivity index (χ2n) is 8.82. The van der Waals surface area contributed by atoms with Gasteiger partial charge in [0.05, 0.1) is 18.7 Å². The van der Waals surface area contributed by atoms with E-state index in [1.165, 1.54) is 20.3 Å². The van der Waals surface area contributed by atoms with E-state index in [1.807, 2.05) is 24.3 Å². The van der Waals surface area contributed by atoms with E-state index in [0.717, 1.165) is 5.56 Å². The molecule has 0 bridgehead atoms. The molecule has 1 unspecified atom stereocenters. The average Bonchev–Trinajstić information content (AvgIpc) is 3.30. The molecule has 0 fully saturated rings. The Kier molecular flexibility index (Phi) is 7.49. The van der Waals surface area contributed by atoms with E-state index in [0.29, 0.717) is 23.1 Å². The summed E-state index contributed by atoms with van der Waals surface area (Å²) in [5.41, 5.74) is 1.03. The van der Waals surface area contributed by atoms with Crippen LogP contribution in [0.5, 0.6) is 5.75 Å². The minimum atomic E-state index is -4.66. The van der Waals surface area contributed by atoms with Crippen molar-refractivity contribution in [3.8, 4) is 17.1 Å². The fourth-order valence-electron chi connectivity index (χ4n) is 4.22. The molecule has 2 aromatic heterocycles. The number of alkyl halides is 3. The van der Waals surface area contributed by atoms with Gasteiger partial charge in [-0.3, -0.25) is 0 Å². The molecule has 190 valence electrons. The molecular formula is C27H29F3N4O2. The normalized spacial score (nSPS) is 12.8. The van der Waals surface area contributed by atoms with Gasteiger partial charge in [-0.15, -0.1) is 0 Å². The number of anilines is 1. The maximum absolute atomic E-state index is 14.6. The molecule has 0 amide bonds. The molecule has 6 nitrogen and oxygen atoms in total. The van der Waals surface area contributed by atoms with Gasteiger partial charge in [0.2, 0.25) is 0 Å².